The topological polar surface area (TPSA) is 80.4 Å². The highest BCUT2D eigenvalue weighted by molar-refractivity contribution is 5.42. The van der Waals surface area contributed by atoms with E-state index < -0.39 is 0 Å². The third-order valence-electron chi connectivity index (χ3n) is 8.22. The number of hydrogen-bond acceptors (Lipinski definition) is 8. The first-order chi connectivity index (χ1) is 23.0. The molecule has 2 aliphatic heterocycles. The van der Waals surface area contributed by atoms with Crippen molar-refractivity contribution in [1.29, 1.82) is 0 Å². The molecular formula is C39H44O8. The van der Waals surface area contributed by atoms with Gasteiger partial charge in [0.2, 0.25) is 0 Å². The van der Waals surface area contributed by atoms with Crippen LogP contribution in [-0.4, -0.2) is 77.3 Å². The second-order valence-electron chi connectivity index (χ2n) is 12.4. The minimum atomic E-state index is -0.226. The van der Waals surface area contributed by atoms with Crippen LogP contribution in [0.4, 0.5) is 0 Å². The number of ether oxygens (including phenoxy) is 8. The van der Waals surface area contributed by atoms with Gasteiger partial charge in [-0.1, -0.05) is 74.5 Å². The van der Waals surface area contributed by atoms with Gasteiger partial charge < -0.3 is 37.9 Å². The van der Waals surface area contributed by atoms with Crippen LogP contribution in [-0.2, 0) is 24.4 Å². The van der Waals surface area contributed by atoms with Gasteiger partial charge in [-0.15, -0.1) is 0 Å². The van der Waals surface area contributed by atoms with Crippen LogP contribution in [0.5, 0.6) is 23.0 Å². The molecule has 8 heteroatoms. The minimum Gasteiger partial charge on any atom is -0.491 e. The maximum atomic E-state index is 6.13. The Morgan fingerprint density at radius 3 is 1.15 bits per heavy atom. The summed E-state index contributed by atoms with van der Waals surface area (Å²) in [6, 6.07) is 36.0. The standard InChI is InChI=1S/C39H44O8/c1-39(2,29-13-17-33(18-14-29)42-23-35(44-25-37-27-46-37)21-40-31-9-5-3-6-10-31)30-15-19-34(20-16-30)43-24-36(45-26-38-28-47-38)22-41-32-11-7-4-8-12-32/h3-20,35-38H,21-28H2,1-2H3. The largest absolute Gasteiger partial charge is 0.491 e. The van der Waals surface area contributed by atoms with Gasteiger partial charge in [-0.3, -0.25) is 0 Å². The third-order valence-corrected chi connectivity index (χ3v) is 8.22. The Morgan fingerprint density at radius 2 is 0.830 bits per heavy atom. The van der Waals surface area contributed by atoms with Crippen molar-refractivity contribution in [2.75, 3.05) is 52.9 Å². The van der Waals surface area contributed by atoms with Crippen molar-refractivity contribution in [3.63, 3.8) is 0 Å². The van der Waals surface area contributed by atoms with Crippen molar-refractivity contribution in [2.45, 2.75) is 43.7 Å². The number of hydrogen-bond donors (Lipinski definition) is 0. The first-order valence-electron chi connectivity index (χ1n) is 16.3. The van der Waals surface area contributed by atoms with E-state index in [0.29, 0.717) is 39.6 Å². The van der Waals surface area contributed by atoms with E-state index >= 15 is 0 Å². The third kappa shape index (κ3) is 10.5. The molecule has 0 aliphatic carbocycles. The van der Waals surface area contributed by atoms with Crippen LogP contribution >= 0.6 is 0 Å². The summed E-state index contributed by atoms with van der Waals surface area (Å²) in [6.07, 6.45) is -0.0907. The lowest BCUT2D eigenvalue weighted by atomic mass is 9.78. The fourth-order valence-electron chi connectivity index (χ4n) is 5.00. The van der Waals surface area contributed by atoms with Gasteiger partial charge in [-0.25, -0.2) is 0 Å². The Labute approximate surface area is 277 Å². The molecule has 6 rings (SSSR count). The van der Waals surface area contributed by atoms with Gasteiger partial charge in [0.25, 0.3) is 0 Å². The molecule has 0 N–H and O–H groups in total. The molecule has 47 heavy (non-hydrogen) atoms. The second kappa shape index (κ2) is 16.2. The van der Waals surface area contributed by atoms with Crippen LogP contribution in [0.2, 0.25) is 0 Å². The number of epoxide rings is 2. The van der Waals surface area contributed by atoms with Gasteiger partial charge in [-0.2, -0.15) is 0 Å². The molecule has 0 saturated carbocycles. The van der Waals surface area contributed by atoms with Crippen molar-refractivity contribution in [3.05, 3.63) is 120 Å². The predicted molar refractivity (Wildman–Crippen MR) is 179 cm³/mol. The summed E-state index contributed by atoms with van der Waals surface area (Å²) in [5.74, 6) is 3.18. The molecule has 2 heterocycles. The first kappa shape index (κ1) is 32.8. The van der Waals surface area contributed by atoms with Crippen molar-refractivity contribution >= 4 is 0 Å². The predicted octanol–water partition coefficient (Wildman–Crippen LogP) is 6.50. The van der Waals surface area contributed by atoms with Crippen molar-refractivity contribution in [1.82, 2.24) is 0 Å². The summed E-state index contributed by atoms with van der Waals surface area (Å²) in [7, 11) is 0. The molecule has 0 aromatic heterocycles. The zero-order chi connectivity index (χ0) is 32.3. The highest BCUT2D eigenvalue weighted by atomic mass is 16.6. The van der Waals surface area contributed by atoms with E-state index in [9.17, 15) is 0 Å². The molecule has 8 nitrogen and oxygen atoms in total. The summed E-state index contributed by atoms with van der Waals surface area (Å²) >= 11 is 0. The van der Waals surface area contributed by atoms with Crippen LogP contribution in [0.25, 0.3) is 0 Å². The van der Waals surface area contributed by atoms with Gasteiger partial charge in [0, 0.05) is 5.41 Å². The fraction of sp³-hybridized carbons (Fsp3) is 0.385. The SMILES string of the molecule is CC(C)(c1ccc(OCC(COc2ccccc2)OCC2CO2)cc1)c1ccc(OCC(COc2ccccc2)OCC2CO2)cc1. The van der Waals surface area contributed by atoms with Crippen LogP contribution in [0.15, 0.2) is 109 Å². The Hall–Kier alpha value is -4.08. The van der Waals surface area contributed by atoms with E-state index in [1.54, 1.807) is 0 Å². The average molecular weight is 641 g/mol. The van der Waals surface area contributed by atoms with Crippen LogP contribution in [0, 0.1) is 0 Å². The Morgan fingerprint density at radius 1 is 0.511 bits per heavy atom. The van der Waals surface area contributed by atoms with Crippen LogP contribution in [0.3, 0.4) is 0 Å². The molecule has 248 valence electrons. The summed E-state index contributed by atoms with van der Waals surface area (Å²) < 4.78 is 46.8. The van der Waals surface area contributed by atoms with E-state index in [1.165, 1.54) is 11.1 Å². The van der Waals surface area contributed by atoms with E-state index in [2.05, 4.69) is 38.1 Å². The summed E-state index contributed by atoms with van der Waals surface area (Å²) in [6.45, 7) is 8.55. The summed E-state index contributed by atoms with van der Waals surface area (Å²) in [5.41, 5.74) is 2.13. The quantitative estimate of drug-likeness (QED) is 0.101. The van der Waals surface area contributed by atoms with Crippen molar-refractivity contribution in [3.8, 4) is 23.0 Å². The molecule has 0 bridgehead atoms. The molecule has 2 fully saturated rings. The lowest BCUT2D eigenvalue weighted by Gasteiger charge is -2.27. The zero-order valence-corrected chi connectivity index (χ0v) is 27.1. The van der Waals surface area contributed by atoms with Gasteiger partial charge in [0.15, 0.2) is 0 Å². The molecule has 0 radical (unpaired) electrons. The summed E-state index contributed by atoms with van der Waals surface area (Å²) in [5, 5.41) is 0. The smallest absolute Gasteiger partial charge is 0.125 e. The van der Waals surface area contributed by atoms with Crippen molar-refractivity contribution < 1.29 is 37.9 Å². The van der Waals surface area contributed by atoms with Gasteiger partial charge in [0.1, 0.15) is 73.8 Å². The molecule has 4 aromatic carbocycles. The van der Waals surface area contributed by atoms with Crippen molar-refractivity contribution in [2.24, 2.45) is 0 Å². The van der Waals surface area contributed by atoms with Gasteiger partial charge in [-0.05, 0) is 59.7 Å². The van der Waals surface area contributed by atoms with E-state index in [-0.39, 0.29) is 29.8 Å². The van der Waals surface area contributed by atoms with E-state index in [4.69, 9.17) is 37.9 Å². The highest BCUT2D eigenvalue weighted by Gasteiger charge is 2.27. The monoisotopic (exact) mass is 640 g/mol. The molecule has 2 aliphatic rings. The number of benzene rings is 4. The fourth-order valence-corrected chi connectivity index (χ4v) is 5.00. The van der Waals surface area contributed by atoms with E-state index in [1.807, 2.05) is 84.9 Å². The lowest BCUT2D eigenvalue weighted by molar-refractivity contribution is -0.0131. The van der Waals surface area contributed by atoms with Gasteiger partial charge in [0.05, 0.1) is 26.4 Å². The molecule has 4 unspecified atom stereocenters. The number of para-hydroxylation sites is 2. The molecule has 4 atom stereocenters. The van der Waals surface area contributed by atoms with Gasteiger partial charge >= 0.3 is 0 Å². The maximum absolute atomic E-state index is 6.13. The van der Waals surface area contributed by atoms with Crippen LogP contribution < -0.4 is 18.9 Å². The average Bonchev–Trinajstić information content (AvgIpc) is 4.05. The Kier molecular flexibility index (Phi) is 11.3. The molecule has 4 aromatic rings. The lowest BCUT2D eigenvalue weighted by Crippen LogP contribution is -2.30. The molecule has 2 saturated heterocycles. The first-order valence-corrected chi connectivity index (χ1v) is 16.3. The molecule has 0 amide bonds. The van der Waals surface area contributed by atoms with Crippen LogP contribution in [0.1, 0.15) is 25.0 Å². The molecular weight excluding hydrogens is 596 g/mol. The zero-order valence-electron chi connectivity index (χ0n) is 27.1. The number of rotatable bonds is 20. The Bertz CT molecular complexity index is 1360. The summed E-state index contributed by atoms with van der Waals surface area (Å²) in [4.78, 5) is 0. The normalized spacial score (nSPS) is 18.2. The Balaban J connectivity index is 0.998. The maximum Gasteiger partial charge on any atom is 0.125 e. The highest BCUT2D eigenvalue weighted by Crippen LogP contribution is 2.33. The minimum absolute atomic E-state index is 0.175. The van der Waals surface area contributed by atoms with E-state index in [0.717, 1.165) is 36.2 Å². The molecule has 0 spiro atoms. The second-order valence-corrected chi connectivity index (χ2v) is 12.4.